The third-order valence-corrected chi connectivity index (χ3v) is 5.54. The lowest BCUT2D eigenvalue weighted by molar-refractivity contribution is -0.387. The molecule has 10 nitrogen and oxygen atoms in total. The van der Waals surface area contributed by atoms with Gasteiger partial charge in [-0.2, -0.15) is 5.10 Å². The van der Waals surface area contributed by atoms with Crippen LogP contribution in [0, 0.1) is 10.1 Å². The predicted octanol–water partition coefficient (Wildman–Crippen LogP) is 3.18. The number of ether oxygens (including phenoxy) is 1. The Hall–Kier alpha value is -3.73. The Morgan fingerprint density at radius 1 is 1.17 bits per heavy atom. The molecule has 0 aliphatic carbocycles. The summed E-state index contributed by atoms with van der Waals surface area (Å²) in [5.41, 5.74) is 1.06. The van der Waals surface area contributed by atoms with Gasteiger partial charge in [-0.05, 0) is 30.3 Å². The van der Waals surface area contributed by atoms with Crippen LogP contribution in [0.15, 0.2) is 47.5 Å². The van der Waals surface area contributed by atoms with Crippen LogP contribution in [0.5, 0.6) is 5.75 Å². The molecule has 0 spiro atoms. The van der Waals surface area contributed by atoms with Crippen LogP contribution in [0.3, 0.4) is 0 Å². The minimum absolute atomic E-state index is 0.334. The van der Waals surface area contributed by atoms with E-state index in [1.165, 1.54) is 12.1 Å². The highest BCUT2D eigenvalue weighted by molar-refractivity contribution is 7.90. The van der Waals surface area contributed by atoms with E-state index in [1.807, 2.05) is 6.07 Å². The number of hydrogen-bond acceptors (Lipinski definition) is 8. The Morgan fingerprint density at radius 3 is 2.66 bits per heavy atom. The quantitative estimate of drug-likeness (QED) is 0.375. The van der Waals surface area contributed by atoms with Gasteiger partial charge in [-0.3, -0.25) is 15.2 Å². The van der Waals surface area contributed by atoms with Gasteiger partial charge in [0.25, 0.3) is 5.69 Å². The van der Waals surface area contributed by atoms with Crippen LogP contribution in [0.25, 0.3) is 21.8 Å². The lowest BCUT2D eigenvalue weighted by Gasteiger charge is -2.10. The van der Waals surface area contributed by atoms with Gasteiger partial charge in [0.05, 0.1) is 17.5 Å². The number of pyridine rings is 1. The summed E-state index contributed by atoms with van der Waals surface area (Å²) < 4.78 is 29.2. The number of anilines is 2. The van der Waals surface area contributed by atoms with E-state index in [0.717, 1.165) is 23.1 Å². The first-order valence-corrected chi connectivity index (χ1v) is 10.2. The number of nitro benzene ring substituents is 1. The monoisotopic (exact) mass is 413 g/mol. The molecular formula is C18H15N5O5S. The summed E-state index contributed by atoms with van der Waals surface area (Å²) in [5.74, 6) is 1.06. The fourth-order valence-corrected chi connectivity index (χ4v) is 3.93. The molecule has 0 saturated carbocycles. The lowest BCUT2D eigenvalue weighted by Crippen LogP contribution is -2.04. The van der Waals surface area contributed by atoms with Crippen molar-refractivity contribution in [2.75, 3.05) is 18.7 Å². The molecule has 2 aromatic carbocycles. The van der Waals surface area contributed by atoms with E-state index in [2.05, 4.69) is 20.5 Å². The number of H-pyrrole nitrogens is 1. The van der Waals surface area contributed by atoms with Crippen molar-refractivity contribution in [2.24, 2.45) is 0 Å². The van der Waals surface area contributed by atoms with E-state index in [9.17, 15) is 18.5 Å². The molecule has 2 N–H and O–H groups in total. The van der Waals surface area contributed by atoms with Crippen LogP contribution in [0.2, 0.25) is 0 Å². The molecule has 0 unspecified atom stereocenters. The molecule has 0 amide bonds. The van der Waals surface area contributed by atoms with Crippen molar-refractivity contribution in [1.29, 1.82) is 0 Å². The van der Waals surface area contributed by atoms with E-state index < -0.39 is 20.4 Å². The SMILES string of the molecule is COc1ccc2nc(Nc3ccc([N+](=O)[O-])c(S(C)(=O)=O)c3)c3n[nH]cc3c2c1. The molecule has 0 radical (unpaired) electrons. The second kappa shape index (κ2) is 6.71. The smallest absolute Gasteiger partial charge is 0.288 e. The summed E-state index contributed by atoms with van der Waals surface area (Å²) >= 11 is 0. The number of rotatable bonds is 5. The Labute approximate surface area is 164 Å². The van der Waals surface area contributed by atoms with Gasteiger partial charge in [-0.1, -0.05) is 0 Å². The normalized spacial score (nSPS) is 11.7. The maximum absolute atomic E-state index is 12.0. The van der Waals surface area contributed by atoms with Crippen molar-refractivity contribution < 1.29 is 18.1 Å². The van der Waals surface area contributed by atoms with E-state index in [-0.39, 0.29) is 4.90 Å². The molecule has 29 heavy (non-hydrogen) atoms. The first kappa shape index (κ1) is 18.6. The number of nitro groups is 1. The Balaban J connectivity index is 1.86. The number of sulfone groups is 1. The number of benzene rings is 2. The highest BCUT2D eigenvalue weighted by Crippen LogP contribution is 2.33. The van der Waals surface area contributed by atoms with E-state index in [4.69, 9.17) is 4.74 Å². The largest absolute Gasteiger partial charge is 0.497 e. The number of fused-ring (bicyclic) bond motifs is 3. The fourth-order valence-electron chi connectivity index (χ4n) is 3.07. The van der Waals surface area contributed by atoms with E-state index in [1.54, 1.807) is 25.4 Å². The summed E-state index contributed by atoms with van der Waals surface area (Å²) in [6.45, 7) is 0. The molecule has 0 aliphatic rings. The minimum Gasteiger partial charge on any atom is -0.497 e. The number of hydrogen-bond donors (Lipinski definition) is 2. The van der Waals surface area contributed by atoms with Crippen LogP contribution in [-0.2, 0) is 9.84 Å². The third-order valence-electron chi connectivity index (χ3n) is 4.41. The molecule has 4 rings (SSSR count). The summed E-state index contributed by atoms with van der Waals surface area (Å²) in [4.78, 5) is 14.6. The van der Waals surface area contributed by atoms with Crippen LogP contribution < -0.4 is 10.1 Å². The number of nitrogens with one attached hydrogen (secondary N) is 2. The van der Waals surface area contributed by atoms with Crippen LogP contribution in [0.4, 0.5) is 17.2 Å². The first-order chi connectivity index (χ1) is 13.8. The second-order valence-corrected chi connectivity index (χ2v) is 8.31. The van der Waals surface area contributed by atoms with Crippen molar-refractivity contribution in [3.63, 3.8) is 0 Å². The Morgan fingerprint density at radius 2 is 1.97 bits per heavy atom. The average Bonchev–Trinajstić information content (AvgIpc) is 3.17. The molecule has 0 aliphatic heterocycles. The van der Waals surface area contributed by atoms with Crippen molar-refractivity contribution in [2.45, 2.75) is 4.90 Å². The van der Waals surface area contributed by atoms with Crippen molar-refractivity contribution >= 4 is 48.8 Å². The maximum atomic E-state index is 12.0. The van der Waals surface area contributed by atoms with Crippen molar-refractivity contribution in [1.82, 2.24) is 15.2 Å². The molecule has 0 bridgehead atoms. The summed E-state index contributed by atoms with van der Waals surface area (Å²) in [6, 6.07) is 9.20. The van der Waals surface area contributed by atoms with E-state index in [0.29, 0.717) is 28.3 Å². The zero-order chi connectivity index (χ0) is 20.8. The minimum atomic E-state index is -3.81. The average molecular weight is 413 g/mol. The van der Waals surface area contributed by atoms with Crippen LogP contribution >= 0.6 is 0 Å². The van der Waals surface area contributed by atoms with Crippen molar-refractivity contribution in [3.8, 4) is 5.75 Å². The molecule has 148 valence electrons. The zero-order valence-electron chi connectivity index (χ0n) is 15.3. The molecule has 11 heteroatoms. The molecule has 0 atom stereocenters. The molecule has 4 aromatic rings. The maximum Gasteiger partial charge on any atom is 0.288 e. The second-order valence-electron chi connectivity index (χ2n) is 6.33. The van der Waals surface area contributed by atoms with Gasteiger partial charge < -0.3 is 10.1 Å². The molecule has 0 fully saturated rings. The molecule has 2 aromatic heterocycles. The van der Waals surface area contributed by atoms with Gasteiger partial charge in [0.15, 0.2) is 15.7 Å². The summed E-state index contributed by atoms with van der Waals surface area (Å²) in [7, 11) is -2.23. The number of methoxy groups -OCH3 is 1. The van der Waals surface area contributed by atoms with Crippen LogP contribution in [-0.4, -0.2) is 41.9 Å². The fraction of sp³-hybridized carbons (Fsp3) is 0.111. The molecular weight excluding hydrogens is 398 g/mol. The Bertz CT molecular complexity index is 1380. The highest BCUT2D eigenvalue weighted by Gasteiger charge is 2.23. The number of aromatic amines is 1. The number of aromatic nitrogens is 3. The highest BCUT2D eigenvalue weighted by atomic mass is 32.2. The van der Waals surface area contributed by atoms with Gasteiger partial charge in [-0.25, -0.2) is 13.4 Å². The predicted molar refractivity (Wildman–Crippen MR) is 107 cm³/mol. The standard InChI is InChI=1S/C18H15N5O5S/c1-28-11-4-5-14-12(8-11)13-9-19-22-17(13)18(21-14)20-10-3-6-15(23(24)25)16(7-10)29(2,26)27/h3-9H,1-2H3,(H,19,22)(H,20,21). The molecule has 2 heterocycles. The topological polar surface area (TPSA) is 140 Å². The first-order valence-electron chi connectivity index (χ1n) is 8.34. The number of nitrogens with zero attached hydrogens (tertiary/aromatic N) is 3. The van der Waals surface area contributed by atoms with Gasteiger partial charge in [0.1, 0.15) is 16.2 Å². The van der Waals surface area contributed by atoms with Crippen molar-refractivity contribution in [3.05, 3.63) is 52.7 Å². The van der Waals surface area contributed by atoms with E-state index >= 15 is 0 Å². The van der Waals surface area contributed by atoms with Gasteiger partial charge in [-0.15, -0.1) is 0 Å². The zero-order valence-corrected chi connectivity index (χ0v) is 16.1. The third kappa shape index (κ3) is 3.31. The van der Waals surface area contributed by atoms with Crippen LogP contribution in [0.1, 0.15) is 0 Å². The van der Waals surface area contributed by atoms with Gasteiger partial charge >= 0.3 is 0 Å². The lowest BCUT2D eigenvalue weighted by atomic mass is 10.1. The van der Waals surface area contributed by atoms with Gasteiger partial charge in [0.2, 0.25) is 0 Å². The summed E-state index contributed by atoms with van der Waals surface area (Å²) in [5, 5.41) is 22.8. The van der Waals surface area contributed by atoms with Gasteiger partial charge in [0, 0.05) is 35.0 Å². The Kier molecular flexibility index (Phi) is 4.31. The summed E-state index contributed by atoms with van der Waals surface area (Å²) in [6.07, 6.45) is 2.65. The molecule has 0 saturated heterocycles.